The number of alkyl halides is 3. The average molecular weight is 351 g/mol. The Bertz CT molecular complexity index is 725. The van der Waals surface area contributed by atoms with Gasteiger partial charge in [0.1, 0.15) is 6.10 Å². The number of hydrogen-bond acceptors (Lipinski definition) is 4. The van der Waals surface area contributed by atoms with E-state index in [1.807, 2.05) is 6.92 Å². The quantitative estimate of drug-likeness (QED) is 0.889. The molecule has 2 atom stereocenters. The maximum atomic E-state index is 12.7. The van der Waals surface area contributed by atoms with Crippen LogP contribution >= 0.6 is 0 Å². The molecule has 0 spiro atoms. The second kappa shape index (κ2) is 7.09. The Labute approximate surface area is 144 Å². The SMILES string of the molecule is Cc1cc([C@H](O)C2CCCNC2)nnc1-c1ccc(C(F)(F)F)cc1. The molecular formula is C18H20F3N3O. The van der Waals surface area contributed by atoms with Crippen molar-refractivity contribution >= 4 is 0 Å². The van der Waals surface area contributed by atoms with E-state index in [1.54, 1.807) is 6.07 Å². The van der Waals surface area contributed by atoms with Crippen LogP contribution in [-0.4, -0.2) is 28.4 Å². The van der Waals surface area contributed by atoms with Crippen molar-refractivity contribution in [3.8, 4) is 11.3 Å². The molecule has 1 aromatic carbocycles. The summed E-state index contributed by atoms with van der Waals surface area (Å²) in [6.45, 7) is 3.51. The highest BCUT2D eigenvalue weighted by Gasteiger charge is 2.30. The van der Waals surface area contributed by atoms with Crippen LogP contribution in [0.25, 0.3) is 11.3 Å². The van der Waals surface area contributed by atoms with Crippen LogP contribution in [0.1, 0.15) is 35.8 Å². The van der Waals surface area contributed by atoms with E-state index in [0.717, 1.165) is 43.6 Å². The number of piperidine rings is 1. The maximum absolute atomic E-state index is 12.7. The van der Waals surface area contributed by atoms with E-state index in [4.69, 9.17) is 0 Å². The molecule has 0 bridgehead atoms. The first-order valence-corrected chi connectivity index (χ1v) is 8.27. The van der Waals surface area contributed by atoms with Gasteiger partial charge in [0.05, 0.1) is 17.0 Å². The first-order valence-electron chi connectivity index (χ1n) is 8.27. The number of hydrogen-bond donors (Lipinski definition) is 2. The van der Waals surface area contributed by atoms with Crippen LogP contribution in [0.4, 0.5) is 13.2 Å². The summed E-state index contributed by atoms with van der Waals surface area (Å²) in [5, 5.41) is 22.0. The molecule has 0 radical (unpaired) electrons. The van der Waals surface area contributed by atoms with E-state index >= 15 is 0 Å². The number of aliphatic hydroxyl groups is 1. The van der Waals surface area contributed by atoms with E-state index in [2.05, 4.69) is 15.5 Å². The van der Waals surface area contributed by atoms with Gasteiger partial charge in [-0.05, 0) is 50.1 Å². The zero-order valence-corrected chi connectivity index (χ0v) is 13.8. The van der Waals surface area contributed by atoms with Crippen LogP contribution in [0.3, 0.4) is 0 Å². The lowest BCUT2D eigenvalue weighted by atomic mass is 9.91. The lowest BCUT2D eigenvalue weighted by Gasteiger charge is -2.27. The van der Waals surface area contributed by atoms with Crippen molar-refractivity contribution in [3.63, 3.8) is 0 Å². The monoisotopic (exact) mass is 351 g/mol. The Hall–Kier alpha value is -1.99. The topological polar surface area (TPSA) is 58.0 Å². The van der Waals surface area contributed by atoms with Crippen LogP contribution < -0.4 is 5.32 Å². The summed E-state index contributed by atoms with van der Waals surface area (Å²) in [4.78, 5) is 0. The van der Waals surface area contributed by atoms with E-state index in [1.165, 1.54) is 12.1 Å². The molecule has 4 nitrogen and oxygen atoms in total. The summed E-state index contributed by atoms with van der Waals surface area (Å²) < 4.78 is 38.0. The molecule has 2 aromatic rings. The van der Waals surface area contributed by atoms with Crippen LogP contribution in [-0.2, 0) is 6.18 Å². The number of aryl methyl sites for hydroxylation is 1. The van der Waals surface area contributed by atoms with Crippen molar-refractivity contribution in [2.75, 3.05) is 13.1 Å². The molecule has 2 N–H and O–H groups in total. The molecule has 134 valence electrons. The zero-order valence-electron chi connectivity index (χ0n) is 13.8. The highest BCUT2D eigenvalue weighted by atomic mass is 19.4. The third-order valence-corrected chi connectivity index (χ3v) is 4.57. The molecule has 1 fully saturated rings. The maximum Gasteiger partial charge on any atom is 0.416 e. The van der Waals surface area contributed by atoms with Gasteiger partial charge in [0.25, 0.3) is 0 Å². The summed E-state index contributed by atoms with van der Waals surface area (Å²) >= 11 is 0. The molecule has 0 aliphatic carbocycles. The summed E-state index contributed by atoms with van der Waals surface area (Å²) in [6, 6.07) is 6.61. The highest BCUT2D eigenvalue weighted by Crippen LogP contribution is 2.32. The van der Waals surface area contributed by atoms with Gasteiger partial charge < -0.3 is 10.4 Å². The summed E-state index contributed by atoms with van der Waals surface area (Å²) in [7, 11) is 0. The number of nitrogens with zero attached hydrogens (tertiary/aromatic N) is 2. The predicted octanol–water partition coefficient (Wildman–Crippen LogP) is 3.50. The molecule has 1 aliphatic rings. The third-order valence-electron chi connectivity index (χ3n) is 4.57. The van der Waals surface area contributed by atoms with Crippen molar-refractivity contribution in [1.82, 2.24) is 15.5 Å². The minimum atomic E-state index is -4.36. The summed E-state index contributed by atoms with van der Waals surface area (Å²) in [6.07, 6.45) is -3.12. The van der Waals surface area contributed by atoms with Gasteiger partial charge >= 0.3 is 6.18 Å². The Morgan fingerprint density at radius 2 is 1.92 bits per heavy atom. The fourth-order valence-corrected chi connectivity index (χ4v) is 3.14. The van der Waals surface area contributed by atoms with Crippen LogP contribution in [0.15, 0.2) is 30.3 Å². The van der Waals surface area contributed by atoms with Gasteiger partial charge in [0.15, 0.2) is 0 Å². The molecule has 0 saturated carbocycles. The third kappa shape index (κ3) is 3.99. The highest BCUT2D eigenvalue weighted by molar-refractivity contribution is 5.62. The van der Waals surface area contributed by atoms with Crippen LogP contribution in [0.5, 0.6) is 0 Å². The molecule has 25 heavy (non-hydrogen) atoms. The molecule has 1 unspecified atom stereocenters. The first kappa shape index (κ1) is 17.8. The second-order valence-corrected chi connectivity index (χ2v) is 6.43. The summed E-state index contributed by atoms with van der Waals surface area (Å²) in [5.74, 6) is 0.0966. The first-order chi connectivity index (χ1) is 11.9. The van der Waals surface area contributed by atoms with Crippen molar-refractivity contribution in [2.24, 2.45) is 5.92 Å². The Morgan fingerprint density at radius 1 is 1.20 bits per heavy atom. The van der Waals surface area contributed by atoms with Crippen LogP contribution in [0.2, 0.25) is 0 Å². The fourth-order valence-electron chi connectivity index (χ4n) is 3.14. The molecular weight excluding hydrogens is 331 g/mol. The molecule has 1 aromatic heterocycles. The van der Waals surface area contributed by atoms with E-state index in [9.17, 15) is 18.3 Å². The van der Waals surface area contributed by atoms with E-state index < -0.39 is 17.8 Å². The smallest absolute Gasteiger partial charge is 0.386 e. The molecule has 7 heteroatoms. The van der Waals surface area contributed by atoms with Crippen molar-refractivity contribution in [2.45, 2.75) is 32.0 Å². The van der Waals surface area contributed by atoms with E-state index in [-0.39, 0.29) is 5.92 Å². The fraction of sp³-hybridized carbons (Fsp3) is 0.444. The van der Waals surface area contributed by atoms with Crippen molar-refractivity contribution in [3.05, 3.63) is 47.2 Å². The number of aromatic nitrogens is 2. The van der Waals surface area contributed by atoms with Gasteiger partial charge in [-0.15, -0.1) is 5.10 Å². The average Bonchev–Trinajstić information content (AvgIpc) is 2.61. The van der Waals surface area contributed by atoms with Gasteiger partial charge in [-0.2, -0.15) is 18.3 Å². The minimum Gasteiger partial charge on any atom is -0.386 e. The minimum absolute atomic E-state index is 0.0966. The Morgan fingerprint density at radius 3 is 2.48 bits per heavy atom. The normalized spacial score (nSPS) is 19.6. The molecule has 3 rings (SSSR count). The number of nitrogens with one attached hydrogen (secondary N) is 1. The largest absolute Gasteiger partial charge is 0.416 e. The number of aliphatic hydroxyl groups excluding tert-OH is 1. The Kier molecular flexibility index (Phi) is 5.06. The van der Waals surface area contributed by atoms with Crippen molar-refractivity contribution < 1.29 is 18.3 Å². The van der Waals surface area contributed by atoms with E-state index in [0.29, 0.717) is 17.0 Å². The van der Waals surface area contributed by atoms with Gasteiger partial charge in [-0.1, -0.05) is 12.1 Å². The molecule has 2 heterocycles. The van der Waals surface area contributed by atoms with Gasteiger partial charge in [-0.25, -0.2) is 0 Å². The predicted molar refractivity (Wildman–Crippen MR) is 87.8 cm³/mol. The lowest BCUT2D eigenvalue weighted by Crippen LogP contribution is -2.33. The molecule has 1 saturated heterocycles. The van der Waals surface area contributed by atoms with Gasteiger partial charge in [0.2, 0.25) is 0 Å². The summed E-state index contributed by atoms with van der Waals surface area (Å²) in [5.41, 5.74) is 1.66. The second-order valence-electron chi connectivity index (χ2n) is 6.43. The molecule has 0 amide bonds. The lowest BCUT2D eigenvalue weighted by molar-refractivity contribution is -0.137. The number of rotatable bonds is 3. The van der Waals surface area contributed by atoms with Gasteiger partial charge in [0, 0.05) is 18.0 Å². The number of benzene rings is 1. The number of halogens is 3. The standard InChI is InChI=1S/C18H20F3N3O/c1-11-9-15(17(25)13-3-2-8-22-10-13)23-24-16(11)12-4-6-14(7-5-12)18(19,20)21/h4-7,9,13,17,22,25H,2-3,8,10H2,1H3/t13?,17-/m1/s1. The van der Waals surface area contributed by atoms with Gasteiger partial charge in [-0.3, -0.25) is 0 Å². The Balaban J connectivity index is 1.82. The van der Waals surface area contributed by atoms with Crippen LogP contribution in [0, 0.1) is 12.8 Å². The zero-order chi connectivity index (χ0) is 18.0. The molecule has 1 aliphatic heterocycles. The van der Waals surface area contributed by atoms with Crippen molar-refractivity contribution in [1.29, 1.82) is 0 Å².